The van der Waals surface area contributed by atoms with Gasteiger partial charge >= 0.3 is 0 Å². The fraction of sp³-hybridized carbons (Fsp3) is 0.360. The third kappa shape index (κ3) is 8.16. The lowest BCUT2D eigenvalue weighted by Gasteiger charge is -2.21. The van der Waals surface area contributed by atoms with Crippen LogP contribution in [0, 0.1) is 0 Å². The van der Waals surface area contributed by atoms with Crippen LogP contribution in [0.15, 0.2) is 60.7 Å². The van der Waals surface area contributed by atoms with Gasteiger partial charge in [-0.1, -0.05) is 26.5 Å². The molecule has 0 unspecified atom stereocenters. The summed E-state index contributed by atoms with van der Waals surface area (Å²) in [4.78, 5) is 26.8. The molecule has 0 saturated heterocycles. The van der Waals surface area contributed by atoms with Crippen LogP contribution in [0.5, 0.6) is 5.75 Å². The zero-order chi connectivity index (χ0) is 22.6. The smallest absolute Gasteiger partial charge is 0.253 e. The molecule has 0 heterocycles. The number of nitrogens with one attached hydrogen (secondary N) is 2. The van der Waals surface area contributed by atoms with Crippen LogP contribution in [-0.2, 0) is 4.79 Å². The van der Waals surface area contributed by atoms with Crippen molar-refractivity contribution in [2.75, 3.05) is 36.9 Å². The molecule has 0 spiro atoms. The molecule has 2 rings (SSSR count). The van der Waals surface area contributed by atoms with Crippen molar-refractivity contribution < 1.29 is 14.3 Å². The van der Waals surface area contributed by atoms with Gasteiger partial charge in [0.05, 0.1) is 6.54 Å². The predicted octanol–water partition coefficient (Wildman–Crippen LogP) is 4.95. The van der Waals surface area contributed by atoms with Crippen molar-refractivity contribution in [2.24, 2.45) is 0 Å². The molecule has 0 aliphatic carbocycles. The van der Waals surface area contributed by atoms with Crippen LogP contribution in [0.1, 0.15) is 44.0 Å². The molecule has 2 aromatic carbocycles. The van der Waals surface area contributed by atoms with Gasteiger partial charge in [0.25, 0.3) is 5.91 Å². The molecule has 6 heteroatoms. The first-order chi connectivity index (χ1) is 14.9. The number of rotatable bonds is 12. The average molecular weight is 424 g/mol. The van der Waals surface area contributed by atoms with Gasteiger partial charge in [-0.3, -0.25) is 9.59 Å². The molecule has 0 fully saturated rings. The summed E-state index contributed by atoms with van der Waals surface area (Å²) in [6.45, 7) is 11.9. The zero-order valence-electron chi connectivity index (χ0n) is 18.7. The fourth-order valence-electron chi connectivity index (χ4n) is 3.03. The molecule has 0 saturated carbocycles. The summed E-state index contributed by atoms with van der Waals surface area (Å²) < 4.78 is 5.60. The molecule has 0 bridgehead atoms. The highest BCUT2D eigenvalue weighted by Crippen LogP contribution is 2.18. The van der Waals surface area contributed by atoms with Gasteiger partial charge in [-0.15, -0.1) is 0 Å². The van der Waals surface area contributed by atoms with E-state index in [0.29, 0.717) is 23.6 Å². The summed E-state index contributed by atoms with van der Waals surface area (Å²) in [6.07, 6.45) is 1.87. The number of amides is 2. The van der Waals surface area contributed by atoms with Crippen molar-refractivity contribution in [3.8, 4) is 5.75 Å². The monoisotopic (exact) mass is 423 g/mol. The Hall–Kier alpha value is -3.28. The number of carbonyl (C=O) groups is 2. The van der Waals surface area contributed by atoms with E-state index in [1.807, 2.05) is 42.2 Å². The summed E-state index contributed by atoms with van der Waals surface area (Å²) in [7, 11) is 0. The molecule has 0 aromatic heterocycles. The zero-order valence-corrected chi connectivity index (χ0v) is 18.7. The van der Waals surface area contributed by atoms with Gasteiger partial charge in [0.1, 0.15) is 12.4 Å². The fourth-order valence-corrected chi connectivity index (χ4v) is 3.03. The number of carbonyl (C=O) groups excluding carboxylic acids is 2. The average Bonchev–Trinajstić information content (AvgIpc) is 2.76. The Morgan fingerprint density at radius 1 is 1.00 bits per heavy atom. The number of anilines is 2. The highest BCUT2D eigenvalue weighted by Gasteiger charge is 2.14. The second kappa shape index (κ2) is 12.4. The molecule has 2 N–H and O–H groups in total. The van der Waals surface area contributed by atoms with E-state index in [0.717, 1.165) is 37.2 Å². The van der Waals surface area contributed by atoms with Gasteiger partial charge in [0.2, 0.25) is 5.91 Å². The number of hydrogen-bond acceptors (Lipinski definition) is 4. The van der Waals surface area contributed by atoms with E-state index in [1.54, 1.807) is 18.2 Å². The minimum atomic E-state index is -0.172. The minimum absolute atomic E-state index is 0.0433. The van der Waals surface area contributed by atoms with Crippen LogP contribution in [-0.4, -0.2) is 43.0 Å². The second-order valence-electron chi connectivity index (χ2n) is 7.54. The maximum Gasteiger partial charge on any atom is 0.253 e. The van der Waals surface area contributed by atoms with E-state index in [1.165, 1.54) is 0 Å². The third-order valence-electron chi connectivity index (χ3n) is 4.46. The number of nitrogens with zero attached hydrogens (tertiary/aromatic N) is 1. The highest BCUT2D eigenvalue weighted by atomic mass is 16.5. The quantitative estimate of drug-likeness (QED) is 0.474. The Morgan fingerprint density at radius 2 is 1.68 bits per heavy atom. The maximum absolute atomic E-state index is 12.6. The molecule has 2 aromatic rings. The SMILES string of the molecule is C=C(C)COc1cccc(NC(=O)CNc2ccc(C(=O)N(CCC)CCC)cc2)c1. The lowest BCUT2D eigenvalue weighted by molar-refractivity contribution is -0.114. The van der Waals surface area contributed by atoms with Crippen LogP contribution >= 0.6 is 0 Å². The molecular weight excluding hydrogens is 390 g/mol. The largest absolute Gasteiger partial charge is 0.489 e. The van der Waals surface area contributed by atoms with Crippen molar-refractivity contribution in [3.63, 3.8) is 0 Å². The molecule has 2 amide bonds. The van der Waals surface area contributed by atoms with E-state index >= 15 is 0 Å². The van der Waals surface area contributed by atoms with Gasteiger partial charge in [-0.2, -0.15) is 0 Å². The Labute approximate surface area is 185 Å². The Bertz CT molecular complexity index is 872. The van der Waals surface area contributed by atoms with E-state index in [-0.39, 0.29) is 18.4 Å². The molecule has 0 aliphatic heterocycles. The van der Waals surface area contributed by atoms with Crippen molar-refractivity contribution in [3.05, 3.63) is 66.2 Å². The summed E-state index contributed by atoms with van der Waals surface area (Å²) in [5, 5.41) is 5.93. The van der Waals surface area contributed by atoms with Gasteiger partial charge < -0.3 is 20.3 Å². The van der Waals surface area contributed by atoms with Gasteiger partial charge in [-0.05, 0) is 61.7 Å². The molecule has 0 radical (unpaired) electrons. The first kappa shape index (κ1) is 24.0. The van der Waals surface area contributed by atoms with Crippen LogP contribution < -0.4 is 15.4 Å². The molecule has 0 atom stereocenters. The Kier molecular flexibility index (Phi) is 9.62. The molecule has 0 aliphatic rings. The van der Waals surface area contributed by atoms with Gasteiger partial charge in [0.15, 0.2) is 0 Å². The number of hydrogen-bond donors (Lipinski definition) is 2. The highest BCUT2D eigenvalue weighted by molar-refractivity contribution is 5.95. The van der Waals surface area contributed by atoms with E-state index in [9.17, 15) is 9.59 Å². The first-order valence-electron chi connectivity index (χ1n) is 10.7. The normalized spacial score (nSPS) is 10.3. The minimum Gasteiger partial charge on any atom is -0.489 e. The van der Waals surface area contributed by atoms with Crippen LogP contribution in [0.3, 0.4) is 0 Å². The summed E-state index contributed by atoms with van der Waals surface area (Å²) >= 11 is 0. The van der Waals surface area contributed by atoms with Crippen molar-refractivity contribution in [1.82, 2.24) is 4.90 Å². The third-order valence-corrected chi connectivity index (χ3v) is 4.46. The van der Waals surface area contributed by atoms with Crippen molar-refractivity contribution >= 4 is 23.2 Å². The number of ether oxygens (including phenoxy) is 1. The molecule has 166 valence electrons. The predicted molar refractivity (Wildman–Crippen MR) is 127 cm³/mol. The lowest BCUT2D eigenvalue weighted by Crippen LogP contribution is -2.32. The van der Waals surface area contributed by atoms with E-state index in [4.69, 9.17) is 4.74 Å². The summed E-state index contributed by atoms with van der Waals surface area (Å²) in [5.74, 6) is 0.546. The van der Waals surface area contributed by atoms with Crippen LogP contribution in [0.4, 0.5) is 11.4 Å². The molecule has 31 heavy (non-hydrogen) atoms. The topological polar surface area (TPSA) is 70.7 Å². The summed E-state index contributed by atoms with van der Waals surface area (Å²) in [6, 6.07) is 14.5. The standard InChI is InChI=1S/C25H33N3O3/c1-5-14-28(15-6-2)25(30)20-10-12-21(13-11-20)26-17-24(29)27-22-8-7-9-23(16-22)31-18-19(3)4/h7-13,16,26H,3,5-6,14-15,17-18H2,1-2,4H3,(H,27,29). The van der Waals surface area contributed by atoms with Gasteiger partial charge in [-0.25, -0.2) is 0 Å². The number of benzene rings is 2. The van der Waals surface area contributed by atoms with Crippen molar-refractivity contribution in [2.45, 2.75) is 33.6 Å². The van der Waals surface area contributed by atoms with Gasteiger partial charge in [0, 0.05) is 36.1 Å². The lowest BCUT2D eigenvalue weighted by atomic mass is 10.1. The van der Waals surface area contributed by atoms with Crippen LogP contribution in [0.2, 0.25) is 0 Å². The van der Waals surface area contributed by atoms with Crippen molar-refractivity contribution in [1.29, 1.82) is 0 Å². The van der Waals surface area contributed by atoms with E-state index < -0.39 is 0 Å². The van der Waals surface area contributed by atoms with Crippen LogP contribution in [0.25, 0.3) is 0 Å². The van der Waals surface area contributed by atoms with E-state index in [2.05, 4.69) is 31.1 Å². The Morgan fingerprint density at radius 3 is 2.29 bits per heavy atom. The molecular formula is C25H33N3O3. The Balaban J connectivity index is 1.87. The maximum atomic E-state index is 12.6. The first-order valence-corrected chi connectivity index (χ1v) is 10.7. The molecule has 6 nitrogen and oxygen atoms in total. The second-order valence-corrected chi connectivity index (χ2v) is 7.54. The summed E-state index contributed by atoms with van der Waals surface area (Å²) in [5.41, 5.74) is 3.03.